The third-order valence-electron chi connectivity index (χ3n) is 3.98. The number of hydrogen-bond acceptors (Lipinski definition) is 6. The number of ketones is 2. The summed E-state index contributed by atoms with van der Waals surface area (Å²) in [6.07, 6.45) is 0.361. The summed E-state index contributed by atoms with van der Waals surface area (Å²) < 4.78 is 5.11. The highest BCUT2D eigenvalue weighted by Crippen LogP contribution is 2.23. The topological polar surface area (TPSA) is 89.5 Å². The Labute approximate surface area is 174 Å². The lowest BCUT2D eigenvalue weighted by Crippen LogP contribution is -2.43. The number of rotatable bonds is 10. The van der Waals surface area contributed by atoms with Gasteiger partial charge in [0, 0.05) is 4.90 Å². The standard InChI is InChI=1S/C22H23NO5S/c1-15(24)14-29-20-11-7-6-10-18(20)22(27)28-13-21(26)23-19(16(2)25)12-17-8-4-3-5-9-17/h3-11,19H,12-14H2,1-2H3,(H,23,26)/t19-/m0/s1. The first kappa shape index (κ1) is 22.4. The van der Waals surface area contributed by atoms with Crippen LogP contribution in [0.1, 0.15) is 29.8 Å². The third-order valence-corrected chi connectivity index (χ3v) is 5.20. The average Bonchev–Trinajstić information content (AvgIpc) is 2.71. The second-order valence-corrected chi connectivity index (χ2v) is 7.50. The van der Waals surface area contributed by atoms with E-state index in [0.717, 1.165) is 5.56 Å². The van der Waals surface area contributed by atoms with Crippen LogP contribution in [0.5, 0.6) is 0 Å². The Morgan fingerprint density at radius 1 is 0.966 bits per heavy atom. The van der Waals surface area contributed by atoms with E-state index in [2.05, 4.69) is 5.32 Å². The molecule has 0 heterocycles. The molecule has 1 atom stereocenters. The number of benzene rings is 2. The van der Waals surface area contributed by atoms with Crippen molar-refractivity contribution in [2.75, 3.05) is 12.4 Å². The fraction of sp³-hybridized carbons (Fsp3) is 0.273. The number of nitrogens with one attached hydrogen (secondary N) is 1. The van der Waals surface area contributed by atoms with E-state index in [1.165, 1.54) is 25.6 Å². The van der Waals surface area contributed by atoms with Gasteiger partial charge in [-0.15, -0.1) is 11.8 Å². The number of thioether (sulfide) groups is 1. The first-order chi connectivity index (χ1) is 13.9. The van der Waals surface area contributed by atoms with Gasteiger partial charge in [-0.2, -0.15) is 0 Å². The number of esters is 1. The van der Waals surface area contributed by atoms with Crippen molar-refractivity contribution >= 4 is 35.2 Å². The van der Waals surface area contributed by atoms with E-state index >= 15 is 0 Å². The van der Waals surface area contributed by atoms with Crippen LogP contribution in [0.15, 0.2) is 59.5 Å². The molecule has 7 heteroatoms. The van der Waals surface area contributed by atoms with E-state index in [9.17, 15) is 19.2 Å². The third kappa shape index (κ3) is 7.54. The van der Waals surface area contributed by atoms with E-state index in [1.807, 2.05) is 30.3 Å². The van der Waals surface area contributed by atoms with E-state index < -0.39 is 24.5 Å². The molecular formula is C22H23NO5S. The lowest BCUT2D eigenvalue weighted by molar-refractivity contribution is -0.128. The molecule has 1 amide bonds. The molecule has 6 nitrogen and oxygen atoms in total. The predicted molar refractivity (Wildman–Crippen MR) is 111 cm³/mol. The van der Waals surface area contributed by atoms with Crippen molar-refractivity contribution in [1.82, 2.24) is 5.32 Å². The lowest BCUT2D eigenvalue weighted by Gasteiger charge is -2.16. The molecule has 0 aromatic heterocycles. The van der Waals surface area contributed by atoms with Gasteiger partial charge in [-0.1, -0.05) is 42.5 Å². The zero-order valence-electron chi connectivity index (χ0n) is 16.3. The minimum atomic E-state index is -0.693. The van der Waals surface area contributed by atoms with Gasteiger partial charge in [-0.05, 0) is 38.0 Å². The second kappa shape index (κ2) is 11.2. The molecule has 0 saturated carbocycles. The van der Waals surface area contributed by atoms with Crippen LogP contribution in [-0.4, -0.2) is 41.8 Å². The van der Waals surface area contributed by atoms with E-state index in [0.29, 0.717) is 16.9 Å². The van der Waals surface area contributed by atoms with E-state index in [4.69, 9.17) is 4.74 Å². The number of carbonyl (C=O) groups is 4. The summed E-state index contributed by atoms with van der Waals surface area (Å²) in [6.45, 7) is 2.38. The molecule has 0 fully saturated rings. The van der Waals surface area contributed by atoms with Gasteiger partial charge in [0.05, 0.1) is 17.4 Å². The molecule has 0 aliphatic heterocycles. The summed E-state index contributed by atoms with van der Waals surface area (Å²) >= 11 is 1.24. The monoisotopic (exact) mass is 413 g/mol. The van der Waals surface area contributed by atoms with E-state index in [-0.39, 0.29) is 17.3 Å². The Kier molecular flexibility index (Phi) is 8.61. The molecular weight excluding hydrogens is 390 g/mol. The van der Waals surface area contributed by atoms with Crippen LogP contribution < -0.4 is 5.32 Å². The number of amides is 1. The van der Waals surface area contributed by atoms with Gasteiger partial charge in [0.15, 0.2) is 12.4 Å². The normalized spacial score (nSPS) is 11.4. The Bertz CT molecular complexity index is 882. The molecule has 152 valence electrons. The van der Waals surface area contributed by atoms with Gasteiger partial charge in [0.2, 0.25) is 0 Å². The first-order valence-corrected chi connectivity index (χ1v) is 10.1. The quantitative estimate of drug-likeness (QED) is 0.476. The van der Waals surface area contributed by atoms with Crippen molar-refractivity contribution in [2.24, 2.45) is 0 Å². The average molecular weight is 413 g/mol. The van der Waals surface area contributed by atoms with Gasteiger partial charge >= 0.3 is 5.97 Å². The summed E-state index contributed by atoms with van der Waals surface area (Å²) in [6, 6.07) is 15.4. The van der Waals surface area contributed by atoms with Crippen LogP contribution in [0.3, 0.4) is 0 Å². The van der Waals surface area contributed by atoms with Crippen LogP contribution in [-0.2, 0) is 25.5 Å². The largest absolute Gasteiger partial charge is 0.452 e. The van der Waals surface area contributed by atoms with Crippen molar-refractivity contribution in [3.05, 3.63) is 65.7 Å². The van der Waals surface area contributed by atoms with Gasteiger partial charge in [0.1, 0.15) is 5.78 Å². The molecule has 29 heavy (non-hydrogen) atoms. The molecule has 1 N–H and O–H groups in total. The molecule has 0 unspecified atom stereocenters. The predicted octanol–water partition coefficient (Wildman–Crippen LogP) is 2.84. The van der Waals surface area contributed by atoms with Crippen molar-refractivity contribution in [1.29, 1.82) is 0 Å². The van der Waals surface area contributed by atoms with Crippen LogP contribution in [0.4, 0.5) is 0 Å². The van der Waals surface area contributed by atoms with Crippen molar-refractivity contribution in [2.45, 2.75) is 31.2 Å². The molecule has 0 aliphatic carbocycles. The minimum absolute atomic E-state index is 0.00811. The Morgan fingerprint density at radius 3 is 2.28 bits per heavy atom. The SMILES string of the molecule is CC(=O)CSc1ccccc1C(=O)OCC(=O)N[C@@H](Cc1ccccc1)C(C)=O. The maximum atomic E-state index is 12.4. The highest BCUT2D eigenvalue weighted by Gasteiger charge is 2.20. The molecule has 0 saturated heterocycles. The maximum absolute atomic E-state index is 12.4. The molecule has 0 spiro atoms. The molecule has 2 aromatic carbocycles. The van der Waals surface area contributed by atoms with E-state index in [1.54, 1.807) is 24.3 Å². The van der Waals surface area contributed by atoms with Crippen molar-refractivity contribution < 1.29 is 23.9 Å². The summed E-state index contributed by atoms with van der Waals surface area (Å²) in [5, 5.41) is 2.61. The fourth-order valence-electron chi connectivity index (χ4n) is 2.53. The smallest absolute Gasteiger partial charge is 0.339 e. The zero-order chi connectivity index (χ0) is 21.2. The molecule has 2 aromatic rings. The highest BCUT2D eigenvalue weighted by molar-refractivity contribution is 8.00. The highest BCUT2D eigenvalue weighted by atomic mass is 32.2. The number of carbonyl (C=O) groups excluding carboxylic acids is 4. The van der Waals surface area contributed by atoms with Gasteiger partial charge in [-0.3, -0.25) is 14.4 Å². The summed E-state index contributed by atoms with van der Waals surface area (Å²) in [5.74, 6) is -1.16. The molecule has 0 bridgehead atoms. The Hall–Kier alpha value is -2.93. The maximum Gasteiger partial charge on any atom is 0.339 e. The number of Topliss-reactive ketones (excluding diaryl/α,β-unsaturated/α-hetero) is 2. The number of hydrogen-bond donors (Lipinski definition) is 1. The molecule has 2 rings (SSSR count). The van der Waals surface area contributed by atoms with Crippen LogP contribution >= 0.6 is 11.8 Å². The molecule has 0 radical (unpaired) electrons. The van der Waals surface area contributed by atoms with Gasteiger partial charge in [-0.25, -0.2) is 4.79 Å². The molecule has 0 aliphatic rings. The lowest BCUT2D eigenvalue weighted by atomic mass is 10.0. The first-order valence-electron chi connectivity index (χ1n) is 9.09. The fourth-order valence-corrected chi connectivity index (χ4v) is 3.37. The van der Waals surface area contributed by atoms with Crippen molar-refractivity contribution in [3.8, 4) is 0 Å². The van der Waals surface area contributed by atoms with Gasteiger partial charge in [0.25, 0.3) is 5.91 Å². The van der Waals surface area contributed by atoms with Crippen LogP contribution in [0, 0.1) is 0 Å². The summed E-state index contributed by atoms with van der Waals surface area (Å²) in [7, 11) is 0. The van der Waals surface area contributed by atoms with Crippen molar-refractivity contribution in [3.63, 3.8) is 0 Å². The zero-order valence-corrected chi connectivity index (χ0v) is 17.2. The summed E-state index contributed by atoms with van der Waals surface area (Å²) in [4.78, 5) is 48.2. The van der Waals surface area contributed by atoms with Gasteiger partial charge < -0.3 is 10.1 Å². The van der Waals surface area contributed by atoms with Crippen LogP contribution in [0.2, 0.25) is 0 Å². The summed E-state index contributed by atoms with van der Waals surface area (Å²) in [5.41, 5.74) is 1.21. The second-order valence-electron chi connectivity index (χ2n) is 6.48. The number of ether oxygens (including phenoxy) is 1. The van der Waals surface area contributed by atoms with Crippen LogP contribution in [0.25, 0.3) is 0 Å². The minimum Gasteiger partial charge on any atom is -0.452 e. The Morgan fingerprint density at radius 2 is 1.62 bits per heavy atom. The Balaban J connectivity index is 1.93.